The first kappa shape index (κ1) is 12.9. The van der Waals surface area contributed by atoms with E-state index in [4.69, 9.17) is 4.74 Å². The number of rotatable bonds is 3. The fourth-order valence-corrected chi connectivity index (χ4v) is 4.42. The lowest BCUT2D eigenvalue weighted by atomic mass is 9.55. The molecule has 4 unspecified atom stereocenters. The monoisotopic (exact) mass is 252 g/mol. The summed E-state index contributed by atoms with van der Waals surface area (Å²) in [6.07, 6.45) is 4.48. The summed E-state index contributed by atoms with van der Waals surface area (Å²) in [5.41, 5.74) is 0.329. The Hall–Kier alpha value is -0.120. The second-order valence-corrected chi connectivity index (χ2v) is 7.22. The van der Waals surface area contributed by atoms with E-state index < -0.39 is 0 Å². The van der Waals surface area contributed by atoms with E-state index in [0.717, 1.165) is 18.4 Å². The van der Waals surface area contributed by atoms with Crippen LogP contribution in [0.2, 0.25) is 0 Å². The molecule has 0 spiro atoms. The zero-order valence-electron chi connectivity index (χ0n) is 12.1. The highest BCUT2D eigenvalue weighted by Gasteiger charge is 2.57. The molecule has 4 atom stereocenters. The quantitative estimate of drug-likeness (QED) is 0.828. The van der Waals surface area contributed by atoms with Crippen LogP contribution < -0.4 is 5.32 Å². The molecule has 2 heterocycles. The normalized spacial score (nSPS) is 43.5. The number of nitrogens with one attached hydrogen (secondary N) is 1. The van der Waals surface area contributed by atoms with Crippen LogP contribution >= 0.6 is 0 Å². The zero-order chi connectivity index (χ0) is 12.8. The van der Waals surface area contributed by atoms with Gasteiger partial charge < -0.3 is 15.0 Å². The minimum Gasteiger partial charge on any atom is -0.377 e. The summed E-state index contributed by atoms with van der Waals surface area (Å²) in [5, 5.41) is 3.86. The molecule has 0 amide bonds. The highest BCUT2D eigenvalue weighted by molar-refractivity contribution is 5.10. The lowest BCUT2D eigenvalue weighted by Gasteiger charge is -2.60. The Bertz CT molecular complexity index is 305. The molecule has 0 aromatic heterocycles. The van der Waals surface area contributed by atoms with Gasteiger partial charge in [0, 0.05) is 30.5 Å². The average molecular weight is 252 g/mol. The maximum absolute atomic E-state index is 5.96. The molecule has 1 N–H and O–H groups in total. The van der Waals surface area contributed by atoms with Crippen LogP contribution in [0.3, 0.4) is 0 Å². The van der Waals surface area contributed by atoms with Gasteiger partial charge in [-0.3, -0.25) is 0 Å². The van der Waals surface area contributed by atoms with E-state index in [9.17, 15) is 0 Å². The second kappa shape index (κ2) is 4.77. The minimum absolute atomic E-state index is 0.329. The van der Waals surface area contributed by atoms with Crippen molar-refractivity contribution in [3.05, 3.63) is 0 Å². The van der Waals surface area contributed by atoms with E-state index in [0.29, 0.717) is 17.6 Å². The Balaban J connectivity index is 1.53. The molecule has 3 fully saturated rings. The smallest absolute Gasteiger partial charge is 0.0684 e. The molecule has 3 rings (SSSR count). The molecule has 3 aliphatic rings. The van der Waals surface area contributed by atoms with Gasteiger partial charge in [-0.15, -0.1) is 0 Å². The Morgan fingerprint density at radius 1 is 1.33 bits per heavy atom. The van der Waals surface area contributed by atoms with Gasteiger partial charge in [-0.05, 0) is 45.3 Å². The van der Waals surface area contributed by atoms with Gasteiger partial charge >= 0.3 is 0 Å². The summed E-state index contributed by atoms with van der Waals surface area (Å²) in [5.74, 6) is 1.63. The van der Waals surface area contributed by atoms with E-state index in [1.54, 1.807) is 0 Å². The van der Waals surface area contributed by atoms with Gasteiger partial charge in [0.25, 0.3) is 0 Å². The van der Waals surface area contributed by atoms with Crippen LogP contribution in [0.1, 0.15) is 33.1 Å². The zero-order valence-corrected chi connectivity index (χ0v) is 12.1. The third-order valence-electron chi connectivity index (χ3n) is 5.45. The van der Waals surface area contributed by atoms with Crippen LogP contribution in [0.4, 0.5) is 0 Å². The number of ether oxygens (including phenoxy) is 1. The summed E-state index contributed by atoms with van der Waals surface area (Å²) < 4.78 is 5.96. The van der Waals surface area contributed by atoms with Gasteiger partial charge in [-0.2, -0.15) is 0 Å². The highest BCUT2D eigenvalue weighted by atomic mass is 16.5. The Kier molecular flexibility index (Phi) is 3.41. The van der Waals surface area contributed by atoms with Crippen molar-refractivity contribution >= 4 is 0 Å². The van der Waals surface area contributed by atoms with Gasteiger partial charge in [-0.1, -0.05) is 13.8 Å². The molecule has 1 aliphatic carbocycles. The van der Waals surface area contributed by atoms with Crippen molar-refractivity contribution in [1.29, 1.82) is 0 Å². The van der Waals surface area contributed by atoms with Crippen LogP contribution in [0.25, 0.3) is 0 Å². The Morgan fingerprint density at radius 3 is 2.89 bits per heavy atom. The van der Waals surface area contributed by atoms with Crippen molar-refractivity contribution in [1.82, 2.24) is 10.2 Å². The third kappa shape index (κ3) is 2.10. The summed E-state index contributed by atoms with van der Waals surface area (Å²) in [4.78, 5) is 2.45. The molecule has 3 nitrogen and oxygen atoms in total. The molecule has 104 valence electrons. The Labute approximate surface area is 111 Å². The number of hydrogen-bond acceptors (Lipinski definition) is 3. The highest BCUT2D eigenvalue weighted by Crippen LogP contribution is 2.51. The van der Waals surface area contributed by atoms with Crippen LogP contribution in [-0.2, 0) is 4.74 Å². The number of fused-ring (bicyclic) bond motifs is 1. The molecule has 18 heavy (non-hydrogen) atoms. The third-order valence-corrected chi connectivity index (χ3v) is 5.45. The maximum atomic E-state index is 5.96. The van der Waals surface area contributed by atoms with Gasteiger partial charge in [0.15, 0.2) is 0 Å². The fraction of sp³-hybridized carbons (Fsp3) is 1.00. The number of hydrogen-bond donors (Lipinski definition) is 1. The lowest BCUT2D eigenvalue weighted by molar-refractivity contribution is -0.192. The molecule has 2 aliphatic heterocycles. The standard InChI is InChI=1S/C15H28N2O/c1-15(2)13(12-5-4-8-18-14(12)15)16-9-11-6-7-17(3)10-11/h11-14,16H,4-10H2,1-3H3. The van der Waals surface area contributed by atoms with Gasteiger partial charge in [-0.25, -0.2) is 0 Å². The van der Waals surface area contributed by atoms with Crippen LogP contribution in [0.5, 0.6) is 0 Å². The van der Waals surface area contributed by atoms with E-state index in [1.807, 2.05) is 0 Å². The molecule has 1 saturated carbocycles. The van der Waals surface area contributed by atoms with E-state index >= 15 is 0 Å². The summed E-state index contributed by atoms with van der Waals surface area (Å²) >= 11 is 0. The maximum Gasteiger partial charge on any atom is 0.0684 e. The van der Waals surface area contributed by atoms with Crippen molar-refractivity contribution in [3.8, 4) is 0 Å². The van der Waals surface area contributed by atoms with Crippen molar-refractivity contribution in [2.45, 2.75) is 45.3 Å². The lowest BCUT2D eigenvalue weighted by Crippen LogP contribution is -2.69. The average Bonchev–Trinajstić information content (AvgIpc) is 2.75. The predicted molar refractivity (Wildman–Crippen MR) is 73.6 cm³/mol. The van der Waals surface area contributed by atoms with Crippen molar-refractivity contribution in [2.75, 3.05) is 33.3 Å². The molecule has 3 heteroatoms. The summed E-state index contributed by atoms with van der Waals surface area (Å²) in [6.45, 7) is 9.46. The molecular formula is C15H28N2O. The number of likely N-dealkylation sites (tertiary alicyclic amines) is 1. The van der Waals surface area contributed by atoms with Crippen molar-refractivity contribution in [3.63, 3.8) is 0 Å². The minimum atomic E-state index is 0.329. The summed E-state index contributed by atoms with van der Waals surface area (Å²) in [7, 11) is 2.23. The molecule has 0 aromatic carbocycles. The molecule has 2 saturated heterocycles. The van der Waals surface area contributed by atoms with Crippen LogP contribution in [0, 0.1) is 17.3 Å². The van der Waals surface area contributed by atoms with E-state index in [1.165, 1.54) is 38.9 Å². The van der Waals surface area contributed by atoms with Crippen molar-refractivity contribution < 1.29 is 4.74 Å². The van der Waals surface area contributed by atoms with Crippen LogP contribution in [0.15, 0.2) is 0 Å². The van der Waals surface area contributed by atoms with E-state index in [2.05, 4.69) is 31.1 Å². The van der Waals surface area contributed by atoms with Gasteiger partial charge in [0.1, 0.15) is 0 Å². The first-order chi connectivity index (χ1) is 8.59. The molecular weight excluding hydrogens is 224 g/mol. The SMILES string of the molecule is CN1CCC(CNC2C3CCCOC3C2(C)C)C1. The molecule has 0 bridgehead atoms. The first-order valence-corrected chi connectivity index (χ1v) is 7.62. The topological polar surface area (TPSA) is 24.5 Å². The summed E-state index contributed by atoms with van der Waals surface area (Å²) in [6, 6.07) is 0.675. The molecule has 0 radical (unpaired) electrons. The largest absolute Gasteiger partial charge is 0.377 e. The second-order valence-electron chi connectivity index (χ2n) is 7.22. The fourth-order valence-electron chi connectivity index (χ4n) is 4.42. The van der Waals surface area contributed by atoms with Crippen LogP contribution in [-0.4, -0.2) is 50.3 Å². The number of nitrogens with zero attached hydrogens (tertiary/aromatic N) is 1. The predicted octanol–water partition coefficient (Wildman–Crippen LogP) is 1.73. The molecule has 0 aromatic rings. The van der Waals surface area contributed by atoms with Gasteiger partial charge in [0.05, 0.1) is 6.10 Å². The van der Waals surface area contributed by atoms with Gasteiger partial charge in [0.2, 0.25) is 0 Å². The first-order valence-electron chi connectivity index (χ1n) is 7.62. The van der Waals surface area contributed by atoms with E-state index in [-0.39, 0.29) is 0 Å². The van der Waals surface area contributed by atoms with Crippen molar-refractivity contribution in [2.24, 2.45) is 17.3 Å². The Morgan fingerprint density at radius 2 is 2.17 bits per heavy atom.